The van der Waals surface area contributed by atoms with Gasteiger partial charge in [-0.1, -0.05) is 23.7 Å². The highest BCUT2D eigenvalue weighted by Crippen LogP contribution is 2.33. The van der Waals surface area contributed by atoms with E-state index >= 15 is 0 Å². The van der Waals surface area contributed by atoms with Crippen LogP contribution in [0.5, 0.6) is 0 Å². The summed E-state index contributed by atoms with van der Waals surface area (Å²) in [5.74, 6) is -0.482. The lowest BCUT2D eigenvalue weighted by Gasteiger charge is -2.23. The molecule has 76 valence electrons. The van der Waals surface area contributed by atoms with Crippen molar-refractivity contribution in [3.63, 3.8) is 0 Å². The SMILES string of the molecule is OC1(c2cccc(F)c2Cl)CCNC1. The van der Waals surface area contributed by atoms with Crippen molar-refractivity contribution in [1.29, 1.82) is 0 Å². The van der Waals surface area contributed by atoms with Gasteiger partial charge >= 0.3 is 0 Å². The molecule has 0 spiro atoms. The van der Waals surface area contributed by atoms with Crippen LogP contribution in [0.2, 0.25) is 5.02 Å². The predicted octanol–water partition coefficient (Wildman–Crippen LogP) is 1.66. The minimum atomic E-state index is -1.01. The van der Waals surface area contributed by atoms with E-state index in [1.807, 2.05) is 0 Å². The molecule has 0 saturated carbocycles. The van der Waals surface area contributed by atoms with Gasteiger partial charge in [-0.15, -0.1) is 0 Å². The zero-order valence-electron chi connectivity index (χ0n) is 7.56. The third kappa shape index (κ3) is 1.52. The molecule has 0 aromatic heterocycles. The summed E-state index contributed by atoms with van der Waals surface area (Å²) in [6, 6.07) is 4.52. The fraction of sp³-hybridized carbons (Fsp3) is 0.400. The quantitative estimate of drug-likeness (QED) is 0.747. The van der Waals surface area contributed by atoms with Crippen molar-refractivity contribution >= 4 is 11.6 Å². The van der Waals surface area contributed by atoms with Crippen LogP contribution in [-0.4, -0.2) is 18.2 Å². The average molecular weight is 216 g/mol. The first-order valence-electron chi connectivity index (χ1n) is 4.51. The Morgan fingerprint density at radius 1 is 1.50 bits per heavy atom. The normalized spacial score (nSPS) is 26.8. The number of rotatable bonds is 1. The second-order valence-corrected chi connectivity index (χ2v) is 3.94. The van der Waals surface area contributed by atoms with Crippen LogP contribution in [0.3, 0.4) is 0 Å². The maximum atomic E-state index is 13.1. The Bertz CT molecular complexity index is 350. The van der Waals surface area contributed by atoms with E-state index in [9.17, 15) is 9.50 Å². The van der Waals surface area contributed by atoms with Crippen molar-refractivity contribution in [1.82, 2.24) is 5.32 Å². The second kappa shape index (κ2) is 3.50. The van der Waals surface area contributed by atoms with E-state index in [1.165, 1.54) is 6.07 Å². The van der Waals surface area contributed by atoms with Crippen molar-refractivity contribution in [2.45, 2.75) is 12.0 Å². The standard InChI is InChI=1S/C10H11ClFNO/c11-9-7(2-1-3-8(9)12)10(14)4-5-13-6-10/h1-3,13-14H,4-6H2. The summed E-state index contributed by atoms with van der Waals surface area (Å²) in [4.78, 5) is 0. The number of β-amino-alcohol motifs (C(OH)–C–C–N with tert-alkyl or cyclic N) is 1. The van der Waals surface area contributed by atoms with Crippen LogP contribution >= 0.6 is 11.6 Å². The lowest BCUT2D eigenvalue weighted by molar-refractivity contribution is 0.0585. The van der Waals surface area contributed by atoms with Gasteiger partial charge in [0.15, 0.2) is 0 Å². The number of hydrogen-bond donors (Lipinski definition) is 2. The summed E-state index contributed by atoms with van der Waals surface area (Å²) < 4.78 is 13.1. The molecule has 1 aliphatic rings. The van der Waals surface area contributed by atoms with Gasteiger partial charge in [-0.3, -0.25) is 0 Å². The maximum Gasteiger partial charge on any atom is 0.142 e. The summed E-state index contributed by atoms with van der Waals surface area (Å²) in [6.45, 7) is 1.15. The molecule has 1 aromatic rings. The fourth-order valence-corrected chi connectivity index (χ4v) is 2.07. The summed E-state index contributed by atoms with van der Waals surface area (Å²) in [6.07, 6.45) is 0.566. The maximum absolute atomic E-state index is 13.1. The highest BCUT2D eigenvalue weighted by Gasteiger charge is 2.35. The van der Waals surface area contributed by atoms with E-state index in [0.717, 1.165) is 6.54 Å². The molecule has 1 saturated heterocycles. The van der Waals surface area contributed by atoms with E-state index < -0.39 is 11.4 Å². The highest BCUT2D eigenvalue weighted by atomic mass is 35.5. The minimum absolute atomic E-state index is 0.0266. The summed E-state index contributed by atoms with van der Waals surface area (Å²) in [7, 11) is 0. The van der Waals surface area contributed by atoms with Crippen LogP contribution < -0.4 is 5.32 Å². The van der Waals surface area contributed by atoms with Gasteiger partial charge < -0.3 is 10.4 Å². The minimum Gasteiger partial charge on any atom is -0.384 e. The van der Waals surface area contributed by atoms with Gasteiger partial charge in [0.1, 0.15) is 11.4 Å². The Balaban J connectivity index is 2.45. The molecule has 1 aliphatic heterocycles. The molecule has 1 fully saturated rings. The molecule has 0 radical (unpaired) electrons. The molecule has 1 atom stereocenters. The Morgan fingerprint density at radius 2 is 2.29 bits per heavy atom. The summed E-state index contributed by atoms with van der Waals surface area (Å²) in [5, 5.41) is 13.2. The number of benzene rings is 1. The molecule has 2 rings (SSSR count). The van der Waals surface area contributed by atoms with E-state index in [0.29, 0.717) is 18.5 Å². The van der Waals surface area contributed by atoms with E-state index in [1.54, 1.807) is 12.1 Å². The smallest absolute Gasteiger partial charge is 0.142 e. The lowest BCUT2D eigenvalue weighted by atomic mass is 9.93. The first-order chi connectivity index (χ1) is 6.63. The van der Waals surface area contributed by atoms with E-state index in [4.69, 9.17) is 11.6 Å². The van der Waals surface area contributed by atoms with Crippen LogP contribution in [0.1, 0.15) is 12.0 Å². The summed E-state index contributed by atoms with van der Waals surface area (Å²) >= 11 is 5.80. The summed E-state index contributed by atoms with van der Waals surface area (Å²) in [5.41, 5.74) is -0.539. The molecule has 2 N–H and O–H groups in total. The van der Waals surface area contributed by atoms with Crippen LogP contribution in [-0.2, 0) is 5.60 Å². The molecule has 14 heavy (non-hydrogen) atoms. The Morgan fingerprint density at radius 3 is 2.93 bits per heavy atom. The zero-order valence-corrected chi connectivity index (χ0v) is 8.31. The molecule has 0 amide bonds. The lowest BCUT2D eigenvalue weighted by Crippen LogP contribution is -2.28. The molecule has 0 bridgehead atoms. The molecule has 1 unspecified atom stereocenters. The van der Waals surface area contributed by atoms with Gasteiger partial charge in [0.25, 0.3) is 0 Å². The zero-order chi connectivity index (χ0) is 10.2. The Labute approximate surface area is 86.7 Å². The third-order valence-corrected chi connectivity index (χ3v) is 2.97. The van der Waals surface area contributed by atoms with Crippen molar-refractivity contribution in [2.24, 2.45) is 0 Å². The van der Waals surface area contributed by atoms with Gasteiger partial charge in [-0.05, 0) is 19.0 Å². The average Bonchev–Trinajstić information content (AvgIpc) is 2.58. The first-order valence-corrected chi connectivity index (χ1v) is 4.89. The van der Waals surface area contributed by atoms with Gasteiger partial charge in [0, 0.05) is 12.1 Å². The van der Waals surface area contributed by atoms with Crippen LogP contribution in [0.4, 0.5) is 4.39 Å². The van der Waals surface area contributed by atoms with Crippen molar-refractivity contribution in [2.75, 3.05) is 13.1 Å². The molecule has 0 aliphatic carbocycles. The number of nitrogens with one attached hydrogen (secondary N) is 1. The van der Waals surface area contributed by atoms with Gasteiger partial charge in [-0.25, -0.2) is 4.39 Å². The molecule has 2 nitrogen and oxygen atoms in total. The number of hydrogen-bond acceptors (Lipinski definition) is 2. The molecule has 1 heterocycles. The Hall–Kier alpha value is -0.640. The van der Waals surface area contributed by atoms with Crippen molar-refractivity contribution < 1.29 is 9.50 Å². The molecular formula is C10H11ClFNO. The number of halogens is 2. The van der Waals surface area contributed by atoms with E-state index in [2.05, 4.69) is 5.32 Å². The first kappa shape index (κ1) is 9.90. The molecule has 1 aromatic carbocycles. The van der Waals surface area contributed by atoms with Crippen LogP contribution in [0, 0.1) is 5.82 Å². The molecular weight excluding hydrogens is 205 g/mol. The number of aliphatic hydroxyl groups is 1. The molecule has 4 heteroatoms. The van der Waals surface area contributed by atoms with Gasteiger partial charge in [-0.2, -0.15) is 0 Å². The third-order valence-electron chi connectivity index (χ3n) is 2.59. The predicted molar refractivity (Wildman–Crippen MR) is 52.8 cm³/mol. The fourth-order valence-electron chi connectivity index (χ4n) is 1.77. The van der Waals surface area contributed by atoms with Crippen LogP contribution in [0.25, 0.3) is 0 Å². The van der Waals surface area contributed by atoms with Crippen molar-refractivity contribution in [3.05, 3.63) is 34.6 Å². The van der Waals surface area contributed by atoms with Gasteiger partial charge in [0.05, 0.1) is 5.02 Å². The van der Waals surface area contributed by atoms with E-state index in [-0.39, 0.29) is 5.02 Å². The topological polar surface area (TPSA) is 32.3 Å². The Kier molecular flexibility index (Phi) is 2.47. The largest absolute Gasteiger partial charge is 0.384 e. The van der Waals surface area contributed by atoms with Gasteiger partial charge in [0.2, 0.25) is 0 Å². The van der Waals surface area contributed by atoms with Crippen LogP contribution in [0.15, 0.2) is 18.2 Å². The monoisotopic (exact) mass is 215 g/mol. The highest BCUT2D eigenvalue weighted by molar-refractivity contribution is 6.31. The van der Waals surface area contributed by atoms with Crippen molar-refractivity contribution in [3.8, 4) is 0 Å². The second-order valence-electron chi connectivity index (χ2n) is 3.56.